The first-order valence-electron chi connectivity index (χ1n) is 11.1. The molecule has 4 N–H and O–H groups in total. The molecule has 1 unspecified atom stereocenters. The summed E-state index contributed by atoms with van der Waals surface area (Å²) in [6.45, 7) is 1.40. The molecule has 0 saturated heterocycles. The molecule has 31 heavy (non-hydrogen) atoms. The fraction of sp³-hybridized carbons (Fsp3) is 0.652. The van der Waals surface area contributed by atoms with Crippen molar-refractivity contribution in [2.45, 2.75) is 83.5 Å². The normalized spacial score (nSPS) is 15.1. The highest BCUT2D eigenvalue weighted by atomic mass is 31.2. The van der Waals surface area contributed by atoms with Gasteiger partial charge in [-0.15, -0.1) is 0 Å². The maximum Gasteiger partial charge on any atom is 0.469 e. The molecule has 0 aromatic carbocycles. The number of phosphoric ester groups is 1. The Balaban J connectivity index is 3.59. The zero-order valence-electron chi connectivity index (χ0n) is 18.7. The number of hydrogen-bond acceptors (Lipinski definition) is 5. The number of aliphatic hydroxyl groups excluding tert-OH is 2. The molecule has 0 aliphatic carbocycles. The highest BCUT2D eigenvalue weighted by Crippen LogP contribution is 2.35. The second kappa shape index (κ2) is 20.8. The van der Waals surface area contributed by atoms with Crippen LogP contribution < -0.4 is 0 Å². The van der Waals surface area contributed by atoms with Gasteiger partial charge in [0.05, 0.1) is 13.2 Å². The topological polar surface area (TPSA) is 116 Å². The number of hydrogen-bond donors (Lipinski definition) is 4. The van der Waals surface area contributed by atoms with Crippen LogP contribution in [0, 0.1) is 0 Å². The lowest BCUT2D eigenvalue weighted by molar-refractivity contribution is -0.129. The highest BCUT2D eigenvalue weighted by Gasteiger charge is 2.17. The van der Waals surface area contributed by atoms with E-state index in [4.69, 9.17) is 14.5 Å². The van der Waals surface area contributed by atoms with Gasteiger partial charge in [-0.1, -0.05) is 68.4 Å². The summed E-state index contributed by atoms with van der Waals surface area (Å²) in [5, 5.41) is 19.1. The second-order valence-corrected chi connectivity index (χ2v) is 8.49. The number of rotatable bonds is 20. The lowest BCUT2D eigenvalue weighted by Gasteiger charge is -2.15. The molecule has 0 rings (SSSR count). The van der Waals surface area contributed by atoms with Crippen LogP contribution in [0.2, 0.25) is 0 Å². The Labute approximate surface area is 187 Å². The molecule has 0 saturated carbocycles. The van der Waals surface area contributed by atoms with E-state index in [-0.39, 0.29) is 6.61 Å². The van der Waals surface area contributed by atoms with Gasteiger partial charge in [0.1, 0.15) is 6.10 Å². The van der Waals surface area contributed by atoms with E-state index in [0.717, 1.165) is 32.1 Å². The van der Waals surface area contributed by atoms with Gasteiger partial charge < -0.3 is 24.7 Å². The van der Waals surface area contributed by atoms with Crippen molar-refractivity contribution in [1.29, 1.82) is 0 Å². The lowest BCUT2D eigenvalue weighted by atomic mass is 10.2. The third-order valence-corrected chi connectivity index (χ3v) is 4.68. The lowest BCUT2D eigenvalue weighted by Crippen LogP contribution is -2.25. The van der Waals surface area contributed by atoms with Crippen molar-refractivity contribution in [3.05, 3.63) is 48.6 Å². The molecular weight excluding hydrogens is 419 g/mol. The molecule has 0 aromatic heterocycles. The van der Waals surface area contributed by atoms with Crippen LogP contribution in [0.15, 0.2) is 48.6 Å². The van der Waals surface area contributed by atoms with E-state index >= 15 is 0 Å². The van der Waals surface area contributed by atoms with Crippen LogP contribution in [-0.4, -0.2) is 45.6 Å². The Kier molecular flexibility index (Phi) is 20.1. The monoisotopic (exact) mass is 460 g/mol. The third kappa shape index (κ3) is 25.1. The van der Waals surface area contributed by atoms with Crippen LogP contribution in [0.3, 0.4) is 0 Å². The summed E-state index contributed by atoms with van der Waals surface area (Å²) in [5.41, 5.74) is 0. The molecule has 0 heterocycles. The molecule has 0 aliphatic heterocycles. The average Bonchev–Trinajstić information content (AvgIpc) is 2.72. The predicted octanol–water partition coefficient (Wildman–Crippen LogP) is 4.94. The Morgan fingerprint density at radius 2 is 1.29 bits per heavy atom. The van der Waals surface area contributed by atoms with Crippen LogP contribution in [0.4, 0.5) is 0 Å². The quantitative estimate of drug-likeness (QED) is 0.0880. The van der Waals surface area contributed by atoms with E-state index in [2.05, 4.69) is 60.1 Å². The van der Waals surface area contributed by atoms with Crippen LogP contribution in [0.5, 0.6) is 0 Å². The number of allylic oxidation sites excluding steroid dienone is 8. The minimum atomic E-state index is -4.61. The summed E-state index contributed by atoms with van der Waals surface area (Å²) in [6.07, 6.45) is 24.8. The first-order chi connectivity index (χ1) is 14.8. The van der Waals surface area contributed by atoms with Gasteiger partial charge in [-0.05, 0) is 51.4 Å². The van der Waals surface area contributed by atoms with E-state index in [1.54, 1.807) is 0 Å². The van der Waals surface area contributed by atoms with Gasteiger partial charge >= 0.3 is 7.82 Å². The third-order valence-electron chi connectivity index (χ3n) is 4.20. The van der Waals surface area contributed by atoms with Gasteiger partial charge in [0.2, 0.25) is 0 Å². The van der Waals surface area contributed by atoms with E-state index in [9.17, 15) is 14.8 Å². The van der Waals surface area contributed by atoms with E-state index in [0.29, 0.717) is 6.42 Å². The SMILES string of the molecule is CCCCCC=CCC=CCC=CCC=CCCCC(O)OC[C@@H](O)COP(=O)(O)O. The number of unbranched alkanes of at least 4 members (excludes halogenated alkanes) is 4. The van der Waals surface area contributed by atoms with Crippen molar-refractivity contribution in [3.63, 3.8) is 0 Å². The molecule has 180 valence electrons. The standard InChI is InChI=1S/C23H41O7P/c1-2-3-4-5-6-7-8-9-10-11-12-13-14-15-16-17-18-19-23(25)29-20-22(24)21-30-31(26,27)28/h6-7,9-10,12-13,15-16,22-25H,2-5,8,11,14,17-21H2,1H3,(H2,26,27,28)/t22-,23?/m1/s1. The molecule has 0 aliphatic rings. The Morgan fingerprint density at radius 3 is 1.81 bits per heavy atom. The Hall–Kier alpha value is -1.05. The van der Waals surface area contributed by atoms with Gasteiger partial charge in [0.25, 0.3) is 0 Å². The Morgan fingerprint density at radius 1 is 0.774 bits per heavy atom. The summed E-state index contributed by atoms with van der Waals surface area (Å²) >= 11 is 0. The molecule has 0 spiro atoms. The Bertz CT molecular complexity index is 566. The fourth-order valence-electron chi connectivity index (χ4n) is 2.51. The van der Waals surface area contributed by atoms with Crippen molar-refractivity contribution >= 4 is 7.82 Å². The van der Waals surface area contributed by atoms with E-state index in [1.165, 1.54) is 25.7 Å². The molecule has 2 atom stereocenters. The number of aliphatic hydroxyl groups is 2. The molecular formula is C23H41O7P. The summed E-state index contributed by atoms with van der Waals surface area (Å²) in [5.74, 6) is 0. The van der Waals surface area contributed by atoms with Gasteiger partial charge in [-0.25, -0.2) is 4.57 Å². The molecule has 0 aromatic rings. The molecule has 0 radical (unpaired) electrons. The van der Waals surface area contributed by atoms with Crippen molar-refractivity contribution in [1.82, 2.24) is 0 Å². The second-order valence-electron chi connectivity index (χ2n) is 7.25. The average molecular weight is 461 g/mol. The van der Waals surface area contributed by atoms with Crippen molar-refractivity contribution in [3.8, 4) is 0 Å². The fourth-order valence-corrected chi connectivity index (χ4v) is 2.87. The van der Waals surface area contributed by atoms with Crippen molar-refractivity contribution < 1.29 is 33.8 Å². The van der Waals surface area contributed by atoms with Crippen molar-refractivity contribution in [2.75, 3.05) is 13.2 Å². The van der Waals surface area contributed by atoms with Crippen LogP contribution in [0.1, 0.15) is 71.1 Å². The smallest absolute Gasteiger partial charge is 0.388 e. The maximum atomic E-state index is 10.5. The number of ether oxygens (including phenoxy) is 1. The molecule has 0 bridgehead atoms. The summed E-state index contributed by atoms with van der Waals surface area (Å²) in [7, 11) is -4.61. The first-order valence-corrected chi connectivity index (χ1v) is 12.7. The molecule has 0 fully saturated rings. The summed E-state index contributed by atoms with van der Waals surface area (Å²) in [6, 6.07) is 0. The largest absolute Gasteiger partial charge is 0.469 e. The van der Waals surface area contributed by atoms with Gasteiger partial charge in [-0.2, -0.15) is 0 Å². The van der Waals surface area contributed by atoms with Gasteiger partial charge in [0.15, 0.2) is 6.29 Å². The van der Waals surface area contributed by atoms with Crippen molar-refractivity contribution in [2.24, 2.45) is 0 Å². The predicted molar refractivity (Wildman–Crippen MR) is 124 cm³/mol. The minimum absolute atomic E-state index is 0.258. The maximum absolute atomic E-state index is 10.5. The van der Waals surface area contributed by atoms with Crippen LogP contribution in [-0.2, 0) is 13.8 Å². The minimum Gasteiger partial charge on any atom is -0.388 e. The molecule has 0 amide bonds. The highest BCUT2D eigenvalue weighted by molar-refractivity contribution is 7.46. The zero-order valence-corrected chi connectivity index (χ0v) is 19.6. The van der Waals surface area contributed by atoms with Gasteiger partial charge in [-0.3, -0.25) is 4.52 Å². The number of phosphoric acid groups is 1. The van der Waals surface area contributed by atoms with E-state index < -0.39 is 26.8 Å². The molecule has 8 heteroatoms. The van der Waals surface area contributed by atoms with Crippen LogP contribution in [0.25, 0.3) is 0 Å². The summed E-state index contributed by atoms with van der Waals surface area (Å²) in [4.78, 5) is 17.1. The zero-order chi connectivity index (χ0) is 23.2. The van der Waals surface area contributed by atoms with Gasteiger partial charge in [0, 0.05) is 0 Å². The summed E-state index contributed by atoms with van der Waals surface area (Å²) < 4.78 is 19.7. The first kappa shape index (κ1) is 29.9. The molecule has 7 nitrogen and oxygen atoms in total. The van der Waals surface area contributed by atoms with Crippen LogP contribution >= 0.6 is 7.82 Å². The van der Waals surface area contributed by atoms with E-state index in [1.807, 2.05) is 0 Å².